The van der Waals surface area contributed by atoms with Gasteiger partial charge in [-0.3, -0.25) is 0 Å². The molecule has 2 saturated carbocycles. The van der Waals surface area contributed by atoms with Crippen molar-refractivity contribution in [2.24, 2.45) is 11.3 Å². The fourth-order valence-corrected chi connectivity index (χ4v) is 3.61. The molecule has 2 fully saturated rings. The molecule has 2 nitrogen and oxygen atoms in total. The van der Waals surface area contributed by atoms with Gasteiger partial charge in [-0.05, 0) is 31.6 Å². The lowest BCUT2D eigenvalue weighted by Gasteiger charge is -2.35. The van der Waals surface area contributed by atoms with E-state index in [2.05, 4.69) is 0 Å². The zero-order valence-electron chi connectivity index (χ0n) is 8.46. The van der Waals surface area contributed by atoms with Gasteiger partial charge in [0.05, 0.1) is 6.10 Å². The first-order valence-electron chi connectivity index (χ1n) is 5.47. The van der Waals surface area contributed by atoms with E-state index < -0.39 is 0 Å². The van der Waals surface area contributed by atoms with Crippen molar-refractivity contribution in [3.63, 3.8) is 0 Å². The minimum atomic E-state index is 0.351. The Balaban J connectivity index is 2.16. The predicted molar refractivity (Wildman–Crippen MR) is 51.5 cm³/mol. The summed E-state index contributed by atoms with van der Waals surface area (Å²) in [6, 6.07) is 0. The molecule has 0 radical (unpaired) electrons. The number of hydrogen-bond donors (Lipinski definition) is 1. The summed E-state index contributed by atoms with van der Waals surface area (Å²) < 4.78 is 5.57. The van der Waals surface area contributed by atoms with Crippen LogP contribution in [0.3, 0.4) is 0 Å². The van der Waals surface area contributed by atoms with Crippen LogP contribution in [-0.2, 0) is 4.74 Å². The average Bonchev–Trinajstić information content (AvgIpc) is 2.74. The van der Waals surface area contributed by atoms with E-state index in [0.717, 1.165) is 0 Å². The van der Waals surface area contributed by atoms with E-state index in [-0.39, 0.29) is 0 Å². The molecular weight excluding hydrogens is 164 g/mol. The Morgan fingerprint density at radius 3 is 2.62 bits per heavy atom. The Hall–Kier alpha value is -0.0800. The third-order valence-corrected chi connectivity index (χ3v) is 4.26. The molecule has 0 aromatic heterocycles. The zero-order chi connectivity index (χ0) is 9.31. The number of aliphatic hydroxyl groups excluding tert-OH is 1. The van der Waals surface area contributed by atoms with Gasteiger partial charge in [-0.25, -0.2) is 0 Å². The maximum absolute atomic E-state index is 9.35. The molecule has 0 bridgehead atoms. The molecule has 2 aliphatic carbocycles. The summed E-state index contributed by atoms with van der Waals surface area (Å²) >= 11 is 0. The van der Waals surface area contributed by atoms with Crippen molar-refractivity contribution in [1.82, 2.24) is 0 Å². The van der Waals surface area contributed by atoms with Crippen molar-refractivity contribution in [3.8, 4) is 0 Å². The molecule has 1 spiro atoms. The highest BCUT2D eigenvalue weighted by Gasteiger charge is 2.50. The van der Waals surface area contributed by atoms with Gasteiger partial charge in [0.15, 0.2) is 0 Å². The normalized spacial score (nSPS) is 44.8. The highest BCUT2D eigenvalue weighted by molar-refractivity contribution is 5.00. The molecule has 76 valence electrons. The minimum Gasteiger partial charge on any atom is -0.396 e. The van der Waals surface area contributed by atoms with Gasteiger partial charge < -0.3 is 9.84 Å². The van der Waals surface area contributed by atoms with Crippen LogP contribution in [0.1, 0.15) is 38.5 Å². The van der Waals surface area contributed by atoms with Crippen molar-refractivity contribution in [1.29, 1.82) is 0 Å². The van der Waals surface area contributed by atoms with E-state index >= 15 is 0 Å². The topological polar surface area (TPSA) is 29.5 Å². The Bertz CT molecular complexity index is 159. The van der Waals surface area contributed by atoms with Crippen LogP contribution in [0.5, 0.6) is 0 Å². The van der Waals surface area contributed by atoms with Gasteiger partial charge in [-0.1, -0.05) is 12.8 Å². The number of hydrogen-bond acceptors (Lipinski definition) is 2. The third-order valence-electron chi connectivity index (χ3n) is 4.26. The lowest BCUT2D eigenvalue weighted by molar-refractivity contribution is -0.0261. The molecule has 13 heavy (non-hydrogen) atoms. The van der Waals surface area contributed by atoms with Gasteiger partial charge in [0.1, 0.15) is 0 Å². The smallest absolute Gasteiger partial charge is 0.0631 e. The molecule has 1 N–H and O–H groups in total. The fourth-order valence-electron chi connectivity index (χ4n) is 3.61. The summed E-state index contributed by atoms with van der Waals surface area (Å²) in [4.78, 5) is 0. The maximum Gasteiger partial charge on any atom is 0.0631 e. The second-order valence-electron chi connectivity index (χ2n) is 4.62. The van der Waals surface area contributed by atoms with Crippen LogP contribution in [0.4, 0.5) is 0 Å². The van der Waals surface area contributed by atoms with Crippen LogP contribution in [0, 0.1) is 11.3 Å². The van der Waals surface area contributed by atoms with Gasteiger partial charge in [0, 0.05) is 19.1 Å². The van der Waals surface area contributed by atoms with E-state index in [4.69, 9.17) is 4.74 Å². The Labute approximate surface area is 80.3 Å². The molecule has 0 aromatic carbocycles. The highest BCUT2D eigenvalue weighted by atomic mass is 16.5. The molecular formula is C11H20O2. The summed E-state index contributed by atoms with van der Waals surface area (Å²) in [5, 5.41) is 9.35. The van der Waals surface area contributed by atoms with Crippen molar-refractivity contribution in [2.45, 2.75) is 44.6 Å². The van der Waals surface area contributed by atoms with Crippen LogP contribution in [-0.4, -0.2) is 24.9 Å². The van der Waals surface area contributed by atoms with Gasteiger partial charge >= 0.3 is 0 Å². The zero-order valence-corrected chi connectivity index (χ0v) is 8.46. The van der Waals surface area contributed by atoms with Crippen molar-refractivity contribution >= 4 is 0 Å². The monoisotopic (exact) mass is 184 g/mol. The minimum absolute atomic E-state index is 0.351. The molecule has 0 aromatic rings. The molecule has 0 heterocycles. The second-order valence-corrected chi connectivity index (χ2v) is 4.62. The van der Waals surface area contributed by atoms with Gasteiger partial charge in [-0.2, -0.15) is 0 Å². The Morgan fingerprint density at radius 2 is 2.00 bits per heavy atom. The molecule has 3 atom stereocenters. The number of aliphatic hydroxyl groups is 1. The van der Waals surface area contributed by atoms with Crippen molar-refractivity contribution in [2.75, 3.05) is 13.7 Å². The highest BCUT2D eigenvalue weighted by Crippen LogP contribution is 2.54. The van der Waals surface area contributed by atoms with E-state index in [1.165, 1.54) is 38.5 Å². The maximum atomic E-state index is 9.35. The average molecular weight is 184 g/mol. The van der Waals surface area contributed by atoms with Crippen LogP contribution < -0.4 is 0 Å². The Morgan fingerprint density at radius 1 is 1.31 bits per heavy atom. The largest absolute Gasteiger partial charge is 0.396 e. The van der Waals surface area contributed by atoms with E-state index in [9.17, 15) is 5.11 Å². The summed E-state index contributed by atoms with van der Waals surface area (Å²) in [5.74, 6) is 0.514. The van der Waals surface area contributed by atoms with Crippen LogP contribution in [0.2, 0.25) is 0 Å². The summed E-state index contributed by atoms with van der Waals surface area (Å²) in [5.41, 5.74) is 0.351. The standard InChI is InChI=1S/C11H20O2/c1-13-10-5-3-7-11(10)6-2-4-9(11)8-12/h9-10,12H,2-8H2,1H3. The SMILES string of the molecule is COC1CCCC12CCCC2CO. The van der Waals surface area contributed by atoms with E-state index in [1.54, 1.807) is 0 Å². The number of rotatable bonds is 2. The second kappa shape index (κ2) is 3.58. The first-order chi connectivity index (χ1) is 6.33. The molecule has 0 saturated heterocycles. The van der Waals surface area contributed by atoms with Crippen LogP contribution in [0.25, 0.3) is 0 Å². The summed E-state index contributed by atoms with van der Waals surface area (Å²) in [6.07, 6.45) is 7.95. The van der Waals surface area contributed by atoms with E-state index in [1.807, 2.05) is 7.11 Å². The quantitative estimate of drug-likeness (QED) is 0.711. The van der Waals surface area contributed by atoms with E-state index in [0.29, 0.717) is 24.0 Å². The van der Waals surface area contributed by atoms with Gasteiger partial charge in [-0.15, -0.1) is 0 Å². The van der Waals surface area contributed by atoms with Gasteiger partial charge in [0.2, 0.25) is 0 Å². The molecule has 2 aliphatic rings. The van der Waals surface area contributed by atoms with Crippen molar-refractivity contribution in [3.05, 3.63) is 0 Å². The molecule has 0 aliphatic heterocycles. The van der Waals surface area contributed by atoms with Crippen molar-refractivity contribution < 1.29 is 9.84 Å². The number of ether oxygens (including phenoxy) is 1. The van der Waals surface area contributed by atoms with Crippen LogP contribution in [0.15, 0.2) is 0 Å². The Kier molecular flexibility index (Phi) is 2.61. The summed E-state index contributed by atoms with van der Waals surface area (Å²) in [7, 11) is 1.82. The lowest BCUT2D eigenvalue weighted by Crippen LogP contribution is -2.36. The van der Waals surface area contributed by atoms with Gasteiger partial charge in [0.25, 0.3) is 0 Å². The van der Waals surface area contributed by atoms with Crippen LogP contribution >= 0.6 is 0 Å². The predicted octanol–water partition coefficient (Wildman–Crippen LogP) is 1.96. The first kappa shape index (κ1) is 9.47. The fraction of sp³-hybridized carbons (Fsp3) is 1.00. The molecule has 0 amide bonds. The molecule has 3 unspecified atom stereocenters. The molecule has 2 rings (SSSR count). The first-order valence-corrected chi connectivity index (χ1v) is 5.47. The molecule has 2 heteroatoms. The lowest BCUT2D eigenvalue weighted by atomic mass is 9.75. The third kappa shape index (κ3) is 1.31. The number of methoxy groups -OCH3 is 1. The summed E-state index contributed by atoms with van der Waals surface area (Å²) in [6.45, 7) is 0.361.